The van der Waals surface area contributed by atoms with Crippen LogP contribution in [0, 0.1) is 5.41 Å². The van der Waals surface area contributed by atoms with Crippen LogP contribution in [0.5, 0.6) is 0 Å². The van der Waals surface area contributed by atoms with Crippen molar-refractivity contribution in [2.75, 3.05) is 7.11 Å². The van der Waals surface area contributed by atoms with E-state index in [1.165, 1.54) is 12.8 Å². The number of hydrogen-bond acceptors (Lipinski definition) is 2. The highest BCUT2D eigenvalue weighted by atomic mass is 16.5. The van der Waals surface area contributed by atoms with Crippen LogP contribution in [-0.4, -0.2) is 18.8 Å². The van der Waals surface area contributed by atoms with Gasteiger partial charge in [0, 0.05) is 13.2 Å². The maximum absolute atomic E-state index is 6.10. The number of unbranched alkanes of at least 4 members (excludes halogenated alkanes) is 1. The molecule has 0 fully saturated rings. The van der Waals surface area contributed by atoms with E-state index in [-0.39, 0.29) is 11.0 Å². The maximum atomic E-state index is 6.10. The summed E-state index contributed by atoms with van der Waals surface area (Å²) in [5.74, 6) is 0. The Labute approximate surface area is 95.6 Å². The van der Waals surface area contributed by atoms with Gasteiger partial charge >= 0.3 is 0 Å². The van der Waals surface area contributed by atoms with Crippen LogP contribution in [0.1, 0.15) is 60.3 Å². The minimum Gasteiger partial charge on any atom is -0.379 e. The standard InChI is InChI=1S/C13H29NO/c1-12(2,3)11(14)9-7-8-10-13(4,5)15-6/h11H,7-10,14H2,1-6H3. The average molecular weight is 215 g/mol. The summed E-state index contributed by atoms with van der Waals surface area (Å²) in [4.78, 5) is 0. The first-order valence-electron chi connectivity index (χ1n) is 6.00. The van der Waals surface area contributed by atoms with Crippen LogP contribution in [0.15, 0.2) is 0 Å². The average Bonchev–Trinajstić information content (AvgIpc) is 2.10. The van der Waals surface area contributed by atoms with Crippen molar-refractivity contribution >= 4 is 0 Å². The Morgan fingerprint density at radius 2 is 1.60 bits per heavy atom. The summed E-state index contributed by atoms with van der Waals surface area (Å²) in [5.41, 5.74) is 6.35. The molecule has 1 atom stereocenters. The van der Waals surface area contributed by atoms with Crippen molar-refractivity contribution in [3.05, 3.63) is 0 Å². The molecule has 15 heavy (non-hydrogen) atoms. The predicted octanol–water partition coefficient (Wildman–Crippen LogP) is 3.35. The van der Waals surface area contributed by atoms with E-state index in [4.69, 9.17) is 10.5 Å². The normalized spacial score (nSPS) is 15.4. The Bertz CT molecular complexity index is 170. The number of nitrogens with two attached hydrogens (primary N) is 1. The van der Waals surface area contributed by atoms with Gasteiger partial charge < -0.3 is 10.5 Å². The zero-order valence-electron chi connectivity index (χ0n) is 11.4. The first-order chi connectivity index (χ1) is 6.69. The van der Waals surface area contributed by atoms with Crippen LogP contribution in [0.25, 0.3) is 0 Å². The van der Waals surface area contributed by atoms with Crippen molar-refractivity contribution in [2.24, 2.45) is 11.1 Å². The molecule has 0 rings (SSSR count). The molecule has 0 bridgehead atoms. The van der Waals surface area contributed by atoms with Crippen molar-refractivity contribution in [1.29, 1.82) is 0 Å². The van der Waals surface area contributed by atoms with Gasteiger partial charge in [-0.1, -0.05) is 33.6 Å². The van der Waals surface area contributed by atoms with E-state index in [9.17, 15) is 0 Å². The highest BCUT2D eigenvalue weighted by molar-refractivity contribution is 4.77. The lowest BCUT2D eigenvalue weighted by molar-refractivity contribution is 0.0132. The topological polar surface area (TPSA) is 35.2 Å². The van der Waals surface area contributed by atoms with E-state index in [0.29, 0.717) is 6.04 Å². The molecule has 0 heterocycles. The van der Waals surface area contributed by atoms with Crippen LogP contribution < -0.4 is 5.73 Å². The van der Waals surface area contributed by atoms with Crippen LogP contribution in [0.3, 0.4) is 0 Å². The first kappa shape index (κ1) is 14.9. The lowest BCUT2D eigenvalue weighted by Crippen LogP contribution is -2.34. The van der Waals surface area contributed by atoms with Crippen LogP contribution in [0.2, 0.25) is 0 Å². The van der Waals surface area contributed by atoms with Gasteiger partial charge in [-0.05, 0) is 32.1 Å². The summed E-state index contributed by atoms with van der Waals surface area (Å²) in [5, 5.41) is 0. The Hall–Kier alpha value is -0.0800. The van der Waals surface area contributed by atoms with Crippen molar-refractivity contribution in [1.82, 2.24) is 0 Å². The van der Waals surface area contributed by atoms with Gasteiger partial charge in [-0.2, -0.15) is 0 Å². The molecular formula is C13H29NO. The largest absolute Gasteiger partial charge is 0.379 e. The molecule has 0 aromatic heterocycles. The lowest BCUT2D eigenvalue weighted by Gasteiger charge is -2.28. The molecule has 0 saturated carbocycles. The molecule has 0 spiro atoms. The zero-order chi connectivity index (χ0) is 12.1. The van der Waals surface area contributed by atoms with Crippen LogP contribution >= 0.6 is 0 Å². The molecule has 1 unspecified atom stereocenters. The minimum absolute atomic E-state index is 0.0197. The van der Waals surface area contributed by atoms with Crippen LogP contribution in [0.4, 0.5) is 0 Å². The summed E-state index contributed by atoms with van der Waals surface area (Å²) >= 11 is 0. The quantitative estimate of drug-likeness (QED) is 0.690. The molecule has 0 aromatic carbocycles. The van der Waals surface area contributed by atoms with Gasteiger partial charge in [0.1, 0.15) is 0 Å². The van der Waals surface area contributed by atoms with Crippen LogP contribution in [-0.2, 0) is 4.74 Å². The Morgan fingerprint density at radius 1 is 1.07 bits per heavy atom. The molecule has 0 aromatic rings. The van der Waals surface area contributed by atoms with E-state index in [1.807, 2.05) is 0 Å². The fourth-order valence-electron chi connectivity index (χ4n) is 1.45. The second kappa shape index (κ2) is 5.86. The molecule has 92 valence electrons. The van der Waals surface area contributed by atoms with E-state index < -0.39 is 0 Å². The van der Waals surface area contributed by atoms with Crippen molar-refractivity contribution in [2.45, 2.75) is 71.9 Å². The highest BCUT2D eigenvalue weighted by Crippen LogP contribution is 2.23. The predicted molar refractivity (Wildman–Crippen MR) is 67.0 cm³/mol. The van der Waals surface area contributed by atoms with Gasteiger partial charge in [-0.3, -0.25) is 0 Å². The molecule has 2 nitrogen and oxygen atoms in total. The second-order valence-corrected chi connectivity index (χ2v) is 6.18. The SMILES string of the molecule is COC(C)(C)CCCCC(N)C(C)(C)C. The van der Waals surface area contributed by atoms with E-state index in [2.05, 4.69) is 34.6 Å². The summed E-state index contributed by atoms with van der Waals surface area (Å²) in [6, 6.07) is 0.308. The maximum Gasteiger partial charge on any atom is 0.0622 e. The number of methoxy groups -OCH3 is 1. The molecular weight excluding hydrogens is 186 g/mol. The van der Waals surface area contributed by atoms with Gasteiger partial charge in [0.15, 0.2) is 0 Å². The highest BCUT2D eigenvalue weighted by Gasteiger charge is 2.20. The third-order valence-corrected chi connectivity index (χ3v) is 3.21. The van der Waals surface area contributed by atoms with Gasteiger partial charge in [0.2, 0.25) is 0 Å². The Morgan fingerprint density at radius 3 is 2.00 bits per heavy atom. The zero-order valence-corrected chi connectivity index (χ0v) is 11.4. The Kier molecular flexibility index (Phi) is 5.82. The van der Waals surface area contributed by atoms with Crippen molar-refractivity contribution < 1.29 is 4.74 Å². The summed E-state index contributed by atoms with van der Waals surface area (Å²) in [6.07, 6.45) is 4.62. The molecule has 0 amide bonds. The number of ether oxygens (including phenoxy) is 1. The van der Waals surface area contributed by atoms with Gasteiger partial charge in [0.25, 0.3) is 0 Å². The van der Waals surface area contributed by atoms with E-state index in [0.717, 1.165) is 12.8 Å². The lowest BCUT2D eigenvalue weighted by atomic mass is 9.84. The monoisotopic (exact) mass is 215 g/mol. The first-order valence-corrected chi connectivity index (χ1v) is 6.00. The molecule has 0 aliphatic carbocycles. The fourth-order valence-corrected chi connectivity index (χ4v) is 1.45. The molecule has 0 radical (unpaired) electrons. The molecule has 0 saturated heterocycles. The Balaban J connectivity index is 3.64. The smallest absolute Gasteiger partial charge is 0.0622 e. The van der Waals surface area contributed by atoms with Gasteiger partial charge in [-0.15, -0.1) is 0 Å². The number of rotatable bonds is 6. The molecule has 2 N–H and O–H groups in total. The molecule has 0 aliphatic heterocycles. The second-order valence-electron chi connectivity index (χ2n) is 6.18. The molecule has 0 aliphatic rings. The van der Waals surface area contributed by atoms with Crippen molar-refractivity contribution in [3.63, 3.8) is 0 Å². The number of hydrogen-bond donors (Lipinski definition) is 1. The summed E-state index contributed by atoms with van der Waals surface area (Å²) in [7, 11) is 1.78. The van der Waals surface area contributed by atoms with Crippen molar-refractivity contribution in [3.8, 4) is 0 Å². The van der Waals surface area contributed by atoms with Gasteiger partial charge in [-0.25, -0.2) is 0 Å². The summed E-state index contributed by atoms with van der Waals surface area (Å²) < 4.78 is 5.38. The van der Waals surface area contributed by atoms with E-state index in [1.54, 1.807) is 7.11 Å². The third-order valence-electron chi connectivity index (χ3n) is 3.21. The molecule has 2 heteroatoms. The van der Waals surface area contributed by atoms with Gasteiger partial charge in [0.05, 0.1) is 5.60 Å². The minimum atomic E-state index is 0.0197. The summed E-state index contributed by atoms with van der Waals surface area (Å²) in [6.45, 7) is 10.9. The third kappa shape index (κ3) is 6.91. The van der Waals surface area contributed by atoms with E-state index >= 15 is 0 Å². The fraction of sp³-hybridized carbons (Fsp3) is 1.00.